The largest absolute Gasteiger partial charge is 0.482 e. The van der Waals surface area contributed by atoms with Crippen LogP contribution in [0.5, 0.6) is 5.75 Å². The summed E-state index contributed by atoms with van der Waals surface area (Å²) in [6.45, 7) is 0.594. The number of carbonyl (C=O) groups is 2. The molecule has 0 unspecified atom stereocenters. The molecule has 1 aliphatic heterocycles. The molecule has 5 nitrogen and oxygen atoms in total. The zero-order valence-corrected chi connectivity index (χ0v) is 13.9. The van der Waals surface area contributed by atoms with Gasteiger partial charge in [0.1, 0.15) is 5.75 Å². The van der Waals surface area contributed by atoms with Gasteiger partial charge in [-0.1, -0.05) is 23.2 Å². The monoisotopic (exact) mass is 357 g/mol. The molecule has 0 aromatic heterocycles. The lowest BCUT2D eigenvalue weighted by molar-refractivity contribution is -0.142. The number of aliphatic carboxylic acids is 1. The van der Waals surface area contributed by atoms with Crippen molar-refractivity contribution in [3.8, 4) is 5.75 Å². The van der Waals surface area contributed by atoms with Crippen molar-refractivity contribution in [2.45, 2.75) is 12.8 Å². The molecule has 0 bridgehead atoms. The van der Waals surface area contributed by atoms with Crippen LogP contribution in [0.15, 0.2) is 18.2 Å². The van der Waals surface area contributed by atoms with Crippen LogP contribution in [0.2, 0.25) is 10.0 Å². The van der Waals surface area contributed by atoms with Crippen molar-refractivity contribution in [2.75, 3.05) is 19.7 Å². The van der Waals surface area contributed by atoms with E-state index in [1.165, 1.54) is 0 Å². The fourth-order valence-corrected chi connectivity index (χ4v) is 3.58. The van der Waals surface area contributed by atoms with Crippen LogP contribution in [0, 0.1) is 17.8 Å². The van der Waals surface area contributed by atoms with E-state index in [1.807, 2.05) is 0 Å². The molecule has 1 aliphatic carbocycles. The summed E-state index contributed by atoms with van der Waals surface area (Å²) in [5.74, 6) is -0.608. The maximum atomic E-state index is 12.3. The third-order valence-electron chi connectivity index (χ3n) is 4.51. The minimum atomic E-state index is -0.820. The van der Waals surface area contributed by atoms with E-state index in [-0.39, 0.29) is 25.0 Å². The molecule has 23 heavy (non-hydrogen) atoms. The van der Waals surface area contributed by atoms with Crippen LogP contribution in [0.4, 0.5) is 0 Å². The Bertz CT molecular complexity index is 633. The smallest absolute Gasteiger partial charge is 0.308 e. The topological polar surface area (TPSA) is 66.8 Å². The fraction of sp³-hybridized carbons (Fsp3) is 0.500. The van der Waals surface area contributed by atoms with Gasteiger partial charge in [-0.2, -0.15) is 0 Å². The van der Waals surface area contributed by atoms with Crippen LogP contribution < -0.4 is 4.74 Å². The second-order valence-electron chi connectivity index (χ2n) is 6.11. The Morgan fingerprint density at radius 2 is 2.00 bits per heavy atom. The maximum Gasteiger partial charge on any atom is 0.308 e. The average molecular weight is 358 g/mol. The standard InChI is InChI=1S/C16H17Cl2NO4/c17-10-3-4-14(13(18)5-10)23-8-15(20)19-6-11(9-1-2-9)12(7-19)16(21)22/h3-5,9,11-12H,1-2,6-8H2,(H,21,22)/t11-,12+/m1/s1. The van der Waals surface area contributed by atoms with Gasteiger partial charge in [0.05, 0.1) is 10.9 Å². The summed E-state index contributed by atoms with van der Waals surface area (Å²) in [4.78, 5) is 25.3. The summed E-state index contributed by atoms with van der Waals surface area (Å²) in [6.07, 6.45) is 2.13. The van der Waals surface area contributed by atoms with E-state index in [0.717, 1.165) is 12.8 Å². The van der Waals surface area contributed by atoms with Crippen LogP contribution in [-0.4, -0.2) is 41.6 Å². The van der Waals surface area contributed by atoms with E-state index in [0.29, 0.717) is 28.3 Å². The first-order chi connectivity index (χ1) is 11.0. The summed E-state index contributed by atoms with van der Waals surface area (Å²) >= 11 is 11.8. The van der Waals surface area contributed by atoms with Gasteiger partial charge in [-0.05, 0) is 42.9 Å². The number of carboxylic acid groups (broad SMARTS) is 1. The minimum absolute atomic E-state index is 0.0653. The Labute approximate surface area is 144 Å². The lowest BCUT2D eigenvalue weighted by atomic mass is 9.92. The number of hydrogen-bond donors (Lipinski definition) is 1. The number of amides is 1. The number of nitrogens with zero attached hydrogens (tertiary/aromatic N) is 1. The molecular formula is C16H17Cl2NO4. The maximum absolute atomic E-state index is 12.3. The normalized spacial score (nSPS) is 23.8. The molecule has 3 rings (SSSR count). The molecule has 2 atom stereocenters. The van der Waals surface area contributed by atoms with E-state index in [9.17, 15) is 14.7 Å². The number of rotatable bonds is 5. The van der Waals surface area contributed by atoms with Gasteiger partial charge in [-0.3, -0.25) is 9.59 Å². The summed E-state index contributed by atoms with van der Waals surface area (Å²) in [7, 11) is 0. The molecule has 0 radical (unpaired) electrons. The molecule has 7 heteroatoms. The summed E-state index contributed by atoms with van der Waals surface area (Å²) in [5.41, 5.74) is 0. The molecule has 1 aromatic rings. The highest BCUT2D eigenvalue weighted by Crippen LogP contribution is 2.44. The highest BCUT2D eigenvalue weighted by molar-refractivity contribution is 6.35. The molecule has 0 spiro atoms. The van der Waals surface area contributed by atoms with Gasteiger partial charge in [-0.15, -0.1) is 0 Å². The number of carbonyl (C=O) groups excluding carboxylic acids is 1. The van der Waals surface area contributed by atoms with Crippen molar-refractivity contribution in [3.63, 3.8) is 0 Å². The van der Waals surface area contributed by atoms with Gasteiger partial charge in [0.15, 0.2) is 6.61 Å². The van der Waals surface area contributed by atoms with Crippen LogP contribution in [0.25, 0.3) is 0 Å². The van der Waals surface area contributed by atoms with Gasteiger partial charge < -0.3 is 14.7 Å². The highest BCUT2D eigenvalue weighted by Gasteiger charge is 2.46. The van der Waals surface area contributed by atoms with E-state index >= 15 is 0 Å². The number of benzene rings is 1. The zero-order chi connectivity index (χ0) is 16.6. The third-order valence-corrected chi connectivity index (χ3v) is 5.04. The second kappa shape index (κ2) is 6.57. The average Bonchev–Trinajstić information content (AvgIpc) is 3.24. The highest BCUT2D eigenvalue weighted by atomic mass is 35.5. The summed E-state index contributed by atoms with van der Waals surface area (Å²) in [5, 5.41) is 10.2. The lowest BCUT2D eigenvalue weighted by Crippen LogP contribution is -2.34. The summed E-state index contributed by atoms with van der Waals surface area (Å²) in [6, 6.07) is 4.78. The van der Waals surface area contributed by atoms with Crippen molar-refractivity contribution >= 4 is 35.1 Å². The van der Waals surface area contributed by atoms with E-state index in [4.69, 9.17) is 27.9 Å². The van der Waals surface area contributed by atoms with Crippen molar-refractivity contribution < 1.29 is 19.4 Å². The molecule has 1 aromatic carbocycles. The fourth-order valence-electron chi connectivity index (χ4n) is 3.12. The van der Waals surface area contributed by atoms with Gasteiger partial charge in [-0.25, -0.2) is 0 Å². The van der Waals surface area contributed by atoms with Crippen molar-refractivity contribution in [2.24, 2.45) is 17.8 Å². The predicted molar refractivity (Wildman–Crippen MR) is 85.9 cm³/mol. The SMILES string of the molecule is O=C(O)[C@H]1CN(C(=O)COc2ccc(Cl)cc2Cl)C[C@@H]1C1CC1. The molecule has 1 N–H and O–H groups in total. The number of carboxylic acids is 1. The predicted octanol–water partition coefficient (Wildman–Crippen LogP) is 2.94. The van der Waals surface area contributed by atoms with Gasteiger partial charge in [0, 0.05) is 18.1 Å². The van der Waals surface area contributed by atoms with Gasteiger partial charge in [0.2, 0.25) is 0 Å². The van der Waals surface area contributed by atoms with Crippen LogP contribution in [-0.2, 0) is 9.59 Å². The number of likely N-dealkylation sites (tertiary alicyclic amines) is 1. The molecule has 1 heterocycles. The van der Waals surface area contributed by atoms with Gasteiger partial charge >= 0.3 is 5.97 Å². The molecule has 124 valence electrons. The Morgan fingerprint density at radius 3 is 2.61 bits per heavy atom. The Morgan fingerprint density at radius 1 is 1.26 bits per heavy atom. The molecule has 1 saturated carbocycles. The van der Waals surface area contributed by atoms with Crippen LogP contribution >= 0.6 is 23.2 Å². The first kappa shape index (κ1) is 16.4. The van der Waals surface area contributed by atoms with Crippen molar-refractivity contribution in [3.05, 3.63) is 28.2 Å². The number of ether oxygens (including phenoxy) is 1. The number of hydrogen-bond acceptors (Lipinski definition) is 3. The Kier molecular flexibility index (Phi) is 4.69. The second-order valence-corrected chi connectivity index (χ2v) is 6.95. The van der Waals surface area contributed by atoms with Crippen molar-refractivity contribution in [1.82, 2.24) is 4.90 Å². The van der Waals surface area contributed by atoms with E-state index in [1.54, 1.807) is 23.1 Å². The minimum Gasteiger partial charge on any atom is -0.482 e. The number of halogens is 2. The molecule has 2 fully saturated rings. The molecule has 2 aliphatic rings. The van der Waals surface area contributed by atoms with E-state index in [2.05, 4.69) is 0 Å². The first-order valence-corrected chi connectivity index (χ1v) is 8.29. The van der Waals surface area contributed by atoms with E-state index < -0.39 is 11.9 Å². The Hall–Kier alpha value is -1.46. The van der Waals surface area contributed by atoms with Crippen LogP contribution in [0.3, 0.4) is 0 Å². The molecule has 1 saturated heterocycles. The molecular weight excluding hydrogens is 341 g/mol. The van der Waals surface area contributed by atoms with Crippen molar-refractivity contribution in [1.29, 1.82) is 0 Å². The third kappa shape index (κ3) is 3.72. The first-order valence-electron chi connectivity index (χ1n) is 7.54. The zero-order valence-electron chi connectivity index (χ0n) is 12.4. The summed E-state index contributed by atoms with van der Waals surface area (Å²) < 4.78 is 5.44. The Balaban J connectivity index is 1.59. The van der Waals surface area contributed by atoms with Gasteiger partial charge in [0.25, 0.3) is 5.91 Å². The lowest BCUT2D eigenvalue weighted by Gasteiger charge is -2.17. The quantitative estimate of drug-likeness (QED) is 0.879. The van der Waals surface area contributed by atoms with Crippen LogP contribution in [0.1, 0.15) is 12.8 Å². The molecule has 1 amide bonds.